The van der Waals surface area contributed by atoms with Crippen molar-refractivity contribution in [2.45, 2.75) is 45.6 Å². The van der Waals surface area contributed by atoms with Crippen LogP contribution in [0.1, 0.15) is 47.6 Å². The topological polar surface area (TPSA) is 56.9 Å². The van der Waals surface area contributed by atoms with Crippen LogP contribution in [0, 0.1) is 13.8 Å². The predicted molar refractivity (Wildman–Crippen MR) is 117 cm³/mol. The molecule has 4 heteroatoms. The Kier molecular flexibility index (Phi) is 5.49. The van der Waals surface area contributed by atoms with Gasteiger partial charge in [0.1, 0.15) is 5.82 Å². The van der Waals surface area contributed by atoms with Crippen LogP contribution >= 0.6 is 0 Å². The zero-order chi connectivity index (χ0) is 19.5. The SMILES string of the molecule is Cc1cc(C)c2c(c1)C(NCCCNc1cc(=O)c3ccccc3[nH]1)CCC2. The monoisotopic (exact) mass is 375 g/mol. The molecule has 0 spiro atoms. The van der Waals surface area contributed by atoms with Crippen molar-refractivity contribution in [1.29, 1.82) is 0 Å². The van der Waals surface area contributed by atoms with Crippen molar-refractivity contribution < 1.29 is 0 Å². The smallest absolute Gasteiger partial charge is 0.191 e. The summed E-state index contributed by atoms with van der Waals surface area (Å²) in [5.41, 5.74) is 6.76. The van der Waals surface area contributed by atoms with Gasteiger partial charge in [0.15, 0.2) is 5.43 Å². The van der Waals surface area contributed by atoms with Gasteiger partial charge in [-0.05, 0) is 74.9 Å². The number of aromatic nitrogens is 1. The van der Waals surface area contributed by atoms with E-state index in [-0.39, 0.29) is 5.43 Å². The van der Waals surface area contributed by atoms with Crippen molar-refractivity contribution in [2.24, 2.45) is 0 Å². The first kappa shape index (κ1) is 18.8. The normalized spacial score (nSPS) is 16.1. The van der Waals surface area contributed by atoms with Crippen LogP contribution in [0.15, 0.2) is 47.3 Å². The standard InChI is InChI=1S/C24H29N3O/c1-16-13-17(2)18-8-5-10-21(20(18)14-16)25-11-6-12-26-24-15-23(28)19-7-3-4-9-22(19)27-24/h3-4,7,9,13-15,21,25H,5-6,8,10-12H2,1-2H3,(H2,26,27,28). The second kappa shape index (κ2) is 8.19. The molecule has 0 saturated carbocycles. The maximum atomic E-state index is 12.2. The number of hydrogen-bond acceptors (Lipinski definition) is 3. The third kappa shape index (κ3) is 3.97. The van der Waals surface area contributed by atoms with Gasteiger partial charge in [-0.2, -0.15) is 0 Å². The number of hydrogen-bond donors (Lipinski definition) is 3. The van der Waals surface area contributed by atoms with Crippen molar-refractivity contribution in [3.8, 4) is 0 Å². The van der Waals surface area contributed by atoms with Crippen LogP contribution < -0.4 is 16.1 Å². The van der Waals surface area contributed by atoms with E-state index in [2.05, 4.69) is 41.6 Å². The van der Waals surface area contributed by atoms with Crippen molar-refractivity contribution in [1.82, 2.24) is 10.3 Å². The molecule has 0 amide bonds. The van der Waals surface area contributed by atoms with Crippen LogP contribution in [0.4, 0.5) is 5.82 Å². The molecule has 1 aliphatic rings. The number of H-pyrrole nitrogens is 1. The molecule has 1 unspecified atom stereocenters. The van der Waals surface area contributed by atoms with Crippen molar-refractivity contribution in [3.63, 3.8) is 0 Å². The van der Waals surface area contributed by atoms with E-state index in [1.807, 2.05) is 24.3 Å². The molecule has 0 bridgehead atoms. The number of fused-ring (bicyclic) bond motifs is 2. The van der Waals surface area contributed by atoms with Gasteiger partial charge < -0.3 is 15.6 Å². The number of para-hydroxylation sites is 1. The molecule has 0 saturated heterocycles. The molecule has 0 radical (unpaired) electrons. The Hall–Kier alpha value is -2.59. The predicted octanol–water partition coefficient (Wildman–Crippen LogP) is 4.61. The Bertz CT molecular complexity index is 1040. The van der Waals surface area contributed by atoms with E-state index in [1.165, 1.54) is 36.0 Å². The highest BCUT2D eigenvalue weighted by Crippen LogP contribution is 2.32. The van der Waals surface area contributed by atoms with Crippen LogP contribution in [0.2, 0.25) is 0 Å². The number of anilines is 1. The zero-order valence-corrected chi connectivity index (χ0v) is 16.8. The van der Waals surface area contributed by atoms with Crippen molar-refractivity contribution in [2.75, 3.05) is 18.4 Å². The Balaban J connectivity index is 1.32. The molecule has 1 aliphatic carbocycles. The van der Waals surface area contributed by atoms with Gasteiger partial charge in [0.2, 0.25) is 0 Å². The number of nitrogens with one attached hydrogen (secondary N) is 3. The van der Waals surface area contributed by atoms with E-state index >= 15 is 0 Å². The molecular formula is C24H29N3O. The average molecular weight is 376 g/mol. The minimum Gasteiger partial charge on any atom is -0.371 e. The maximum absolute atomic E-state index is 12.2. The van der Waals surface area contributed by atoms with Gasteiger partial charge in [-0.25, -0.2) is 0 Å². The van der Waals surface area contributed by atoms with Crippen LogP contribution in [-0.2, 0) is 6.42 Å². The summed E-state index contributed by atoms with van der Waals surface area (Å²) >= 11 is 0. The highest BCUT2D eigenvalue weighted by atomic mass is 16.1. The number of benzene rings is 2. The van der Waals surface area contributed by atoms with Crippen LogP contribution in [0.25, 0.3) is 10.9 Å². The molecule has 1 aromatic heterocycles. The number of rotatable bonds is 6. The highest BCUT2D eigenvalue weighted by molar-refractivity contribution is 5.79. The Morgan fingerprint density at radius 2 is 1.96 bits per heavy atom. The van der Waals surface area contributed by atoms with E-state index in [0.717, 1.165) is 36.2 Å². The summed E-state index contributed by atoms with van der Waals surface area (Å²) in [6.45, 7) is 6.21. The first-order valence-electron chi connectivity index (χ1n) is 10.3. The van der Waals surface area contributed by atoms with Gasteiger partial charge in [-0.3, -0.25) is 4.79 Å². The average Bonchev–Trinajstić information content (AvgIpc) is 2.68. The molecule has 4 nitrogen and oxygen atoms in total. The number of aromatic amines is 1. The molecular weight excluding hydrogens is 346 g/mol. The lowest BCUT2D eigenvalue weighted by Gasteiger charge is -2.28. The van der Waals surface area contributed by atoms with Gasteiger partial charge in [-0.1, -0.05) is 29.8 Å². The molecule has 146 valence electrons. The van der Waals surface area contributed by atoms with Gasteiger partial charge in [0.05, 0.1) is 5.52 Å². The van der Waals surface area contributed by atoms with Crippen molar-refractivity contribution >= 4 is 16.7 Å². The van der Waals surface area contributed by atoms with Gasteiger partial charge in [0, 0.05) is 24.0 Å². The second-order valence-electron chi connectivity index (χ2n) is 7.92. The van der Waals surface area contributed by atoms with Gasteiger partial charge >= 0.3 is 0 Å². The fourth-order valence-corrected chi connectivity index (χ4v) is 4.41. The van der Waals surface area contributed by atoms with E-state index in [4.69, 9.17) is 0 Å². The highest BCUT2D eigenvalue weighted by Gasteiger charge is 2.21. The number of pyridine rings is 1. The molecule has 0 fully saturated rings. The van der Waals surface area contributed by atoms with E-state index < -0.39 is 0 Å². The summed E-state index contributed by atoms with van der Waals surface area (Å²) in [5, 5.41) is 7.84. The van der Waals surface area contributed by atoms with Crippen LogP contribution in [0.5, 0.6) is 0 Å². The largest absolute Gasteiger partial charge is 0.371 e. The fourth-order valence-electron chi connectivity index (χ4n) is 4.41. The zero-order valence-electron chi connectivity index (χ0n) is 16.8. The van der Waals surface area contributed by atoms with E-state index in [9.17, 15) is 4.79 Å². The maximum Gasteiger partial charge on any atom is 0.191 e. The van der Waals surface area contributed by atoms with E-state index in [0.29, 0.717) is 6.04 Å². The summed E-state index contributed by atoms with van der Waals surface area (Å²) in [4.78, 5) is 15.5. The second-order valence-corrected chi connectivity index (χ2v) is 7.92. The number of aryl methyl sites for hydroxylation is 2. The molecule has 1 atom stereocenters. The third-order valence-corrected chi connectivity index (χ3v) is 5.74. The van der Waals surface area contributed by atoms with Crippen LogP contribution in [-0.4, -0.2) is 18.1 Å². The van der Waals surface area contributed by atoms with E-state index in [1.54, 1.807) is 11.6 Å². The lowest BCUT2D eigenvalue weighted by molar-refractivity contribution is 0.457. The molecule has 2 aromatic carbocycles. The van der Waals surface area contributed by atoms with Gasteiger partial charge in [0.25, 0.3) is 0 Å². The Morgan fingerprint density at radius 1 is 1.11 bits per heavy atom. The molecule has 0 aliphatic heterocycles. The lowest BCUT2D eigenvalue weighted by Crippen LogP contribution is -2.27. The first-order chi connectivity index (χ1) is 13.6. The summed E-state index contributed by atoms with van der Waals surface area (Å²) < 4.78 is 0. The minimum atomic E-state index is 0.0551. The molecule has 3 N–H and O–H groups in total. The Morgan fingerprint density at radius 3 is 2.86 bits per heavy atom. The van der Waals surface area contributed by atoms with Crippen LogP contribution in [0.3, 0.4) is 0 Å². The molecule has 3 aromatic rings. The summed E-state index contributed by atoms with van der Waals surface area (Å²) in [5.74, 6) is 0.790. The minimum absolute atomic E-state index is 0.0551. The quantitative estimate of drug-likeness (QED) is 0.551. The van der Waals surface area contributed by atoms with Crippen molar-refractivity contribution in [3.05, 3.63) is 74.9 Å². The molecule has 1 heterocycles. The molecule has 28 heavy (non-hydrogen) atoms. The Labute approximate surface area is 166 Å². The first-order valence-corrected chi connectivity index (χ1v) is 10.3. The third-order valence-electron chi connectivity index (χ3n) is 5.74. The molecule has 4 rings (SSSR count). The lowest BCUT2D eigenvalue weighted by atomic mass is 9.84. The summed E-state index contributed by atoms with van der Waals surface area (Å²) in [7, 11) is 0. The summed E-state index contributed by atoms with van der Waals surface area (Å²) in [6, 6.07) is 14.4. The summed E-state index contributed by atoms with van der Waals surface area (Å²) in [6.07, 6.45) is 4.68. The fraction of sp³-hybridized carbons (Fsp3) is 0.375. The van der Waals surface area contributed by atoms with Gasteiger partial charge in [-0.15, -0.1) is 0 Å².